The number of halogens is 2. The molecule has 0 N–H and O–H groups in total. The highest BCUT2D eigenvalue weighted by Gasteiger charge is 2.19. The summed E-state index contributed by atoms with van der Waals surface area (Å²) in [4.78, 5) is 4.05. The lowest BCUT2D eigenvalue weighted by Gasteiger charge is -2.03. The number of benzene rings is 2. The number of methoxy groups -OCH3 is 1. The molecule has 25 heavy (non-hydrogen) atoms. The largest absolute Gasteiger partial charge is 0.497 e. The maximum Gasteiger partial charge on any atom is 0.184 e. The molecule has 0 bridgehead atoms. The molecule has 0 aliphatic carbocycles. The van der Waals surface area contributed by atoms with Crippen molar-refractivity contribution in [3.05, 3.63) is 65.2 Å². The van der Waals surface area contributed by atoms with Crippen LogP contribution >= 0.6 is 11.3 Å². The first-order valence-electron chi connectivity index (χ1n) is 7.16. The van der Waals surface area contributed by atoms with Gasteiger partial charge in [-0.1, -0.05) is 12.1 Å². The fourth-order valence-electron chi connectivity index (χ4n) is 2.21. The molecule has 0 spiro atoms. The van der Waals surface area contributed by atoms with Crippen molar-refractivity contribution in [1.82, 2.24) is 4.98 Å². The fraction of sp³-hybridized carbons (Fsp3) is 0.118. The Labute approximate surface area is 147 Å². The maximum absolute atomic E-state index is 13.3. The molecule has 0 amide bonds. The second-order valence-corrected chi connectivity index (χ2v) is 8.06. The van der Waals surface area contributed by atoms with Gasteiger partial charge in [0.2, 0.25) is 0 Å². The van der Waals surface area contributed by atoms with Crippen LogP contribution in [-0.2, 0) is 15.6 Å². The Morgan fingerprint density at radius 2 is 1.92 bits per heavy atom. The first-order chi connectivity index (χ1) is 11.9. The van der Waals surface area contributed by atoms with Crippen molar-refractivity contribution in [3.63, 3.8) is 0 Å². The monoisotopic (exact) mass is 381 g/mol. The topological polar surface area (TPSA) is 56.3 Å². The van der Waals surface area contributed by atoms with Crippen LogP contribution in [0.3, 0.4) is 0 Å². The van der Waals surface area contributed by atoms with Crippen LogP contribution in [-0.4, -0.2) is 20.5 Å². The quantitative estimate of drug-likeness (QED) is 0.625. The molecule has 130 valence electrons. The van der Waals surface area contributed by atoms with Gasteiger partial charge < -0.3 is 4.74 Å². The Morgan fingerprint density at radius 1 is 1.12 bits per heavy atom. The summed E-state index contributed by atoms with van der Waals surface area (Å²) in [7, 11) is -2.27. The van der Waals surface area contributed by atoms with Gasteiger partial charge in [-0.25, -0.2) is 22.2 Å². The van der Waals surface area contributed by atoms with E-state index in [-0.39, 0.29) is 4.90 Å². The highest BCUT2D eigenvalue weighted by atomic mass is 32.2. The van der Waals surface area contributed by atoms with E-state index in [1.54, 1.807) is 24.6 Å². The lowest BCUT2D eigenvalue weighted by Crippen LogP contribution is -2.06. The third-order valence-corrected chi connectivity index (χ3v) is 6.04. The molecule has 0 aliphatic rings. The highest BCUT2D eigenvalue weighted by molar-refractivity contribution is 7.90. The van der Waals surface area contributed by atoms with E-state index < -0.39 is 27.2 Å². The molecule has 0 aliphatic heterocycles. The van der Waals surface area contributed by atoms with Crippen LogP contribution in [0.5, 0.6) is 5.75 Å². The minimum Gasteiger partial charge on any atom is -0.497 e. The molecule has 1 aromatic heterocycles. The lowest BCUT2D eigenvalue weighted by molar-refractivity contribution is 0.415. The van der Waals surface area contributed by atoms with Crippen molar-refractivity contribution in [2.24, 2.45) is 0 Å². The summed E-state index contributed by atoms with van der Waals surface area (Å²) in [5, 5.41) is 2.28. The molecule has 2 aromatic carbocycles. The standard InChI is InChI=1S/C17H13F2NO3S2/c1-23-13-4-2-3-11(7-13)17-20-12(9-24-17)10-25(21,22)14-5-6-15(18)16(19)8-14/h2-9H,10H2,1H3. The smallest absolute Gasteiger partial charge is 0.184 e. The third kappa shape index (κ3) is 3.85. The second-order valence-electron chi connectivity index (χ2n) is 5.21. The van der Waals surface area contributed by atoms with Gasteiger partial charge in [-0.3, -0.25) is 0 Å². The molecule has 0 saturated heterocycles. The molecular weight excluding hydrogens is 368 g/mol. The number of hydrogen-bond donors (Lipinski definition) is 0. The van der Waals surface area contributed by atoms with Crippen molar-refractivity contribution < 1.29 is 21.9 Å². The second kappa shape index (κ2) is 6.89. The van der Waals surface area contributed by atoms with Crippen molar-refractivity contribution in [1.29, 1.82) is 0 Å². The first kappa shape index (κ1) is 17.5. The van der Waals surface area contributed by atoms with E-state index >= 15 is 0 Å². The number of aromatic nitrogens is 1. The zero-order valence-electron chi connectivity index (χ0n) is 13.1. The van der Waals surface area contributed by atoms with E-state index in [1.165, 1.54) is 11.3 Å². The highest BCUT2D eigenvalue weighted by Crippen LogP contribution is 2.28. The van der Waals surface area contributed by atoms with Gasteiger partial charge in [0, 0.05) is 10.9 Å². The van der Waals surface area contributed by atoms with Gasteiger partial charge in [-0.2, -0.15) is 0 Å². The minimum atomic E-state index is -3.82. The zero-order valence-corrected chi connectivity index (χ0v) is 14.7. The number of hydrogen-bond acceptors (Lipinski definition) is 5. The van der Waals surface area contributed by atoms with E-state index in [0.717, 1.165) is 17.7 Å². The van der Waals surface area contributed by atoms with Gasteiger partial charge in [0.05, 0.1) is 23.5 Å². The van der Waals surface area contributed by atoms with Crippen molar-refractivity contribution in [3.8, 4) is 16.3 Å². The van der Waals surface area contributed by atoms with E-state index in [1.807, 2.05) is 12.1 Å². The molecule has 0 fully saturated rings. The molecule has 1 heterocycles. The van der Waals surface area contributed by atoms with Crippen LogP contribution in [0.15, 0.2) is 52.7 Å². The summed E-state index contributed by atoms with van der Waals surface area (Å²) in [6.45, 7) is 0. The molecule has 0 unspecified atom stereocenters. The maximum atomic E-state index is 13.3. The zero-order chi connectivity index (χ0) is 18.0. The predicted molar refractivity (Wildman–Crippen MR) is 91.3 cm³/mol. The summed E-state index contributed by atoms with van der Waals surface area (Å²) < 4.78 is 56.1. The average Bonchev–Trinajstić information content (AvgIpc) is 3.05. The molecule has 0 radical (unpaired) electrons. The van der Waals surface area contributed by atoms with Gasteiger partial charge in [-0.15, -0.1) is 11.3 Å². The Kier molecular flexibility index (Phi) is 4.82. The fourth-order valence-corrected chi connectivity index (χ4v) is 4.39. The summed E-state index contributed by atoms with van der Waals surface area (Å²) in [5.74, 6) is -2.01. The van der Waals surface area contributed by atoms with Crippen molar-refractivity contribution in [2.75, 3.05) is 7.11 Å². The van der Waals surface area contributed by atoms with Gasteiger partial charge in [0.25, 0.3) is 0 Å². The van der Waals surface area contributed by atoms with Crippen LogP contribution in [0.1, 0.15) is 5.69 Å². The predicted octanol–water partition coefficient (Wildman–Crippen LogP) is 4.07. The van der Waals surface area contributed by atoms with Crippen LogP contribution in [0.4, 0.5) is 8.78 Å². The molecule has 3 rings (SSSR count). The summed E-state index contributed by atoms with van der Waals surface area (Å²) in [6.07, 6.45) is 0. The van der Waals surface area contributed by atoms with Gasteiger partial charge in [-0.05, 0) is 30.3 Å². The number of sulfone groups is 1. The molecule has 3 aromatic rings. The Morgan fingerprint density at radius 3 is 2.64 bits per heavy atom. The third-order valence-electron chi connectivity index (χ3n) is 3.46. The van der Waals surface area contributed by atoms with E-state index in [0.29, 0.717) is 22.5 Å². The number of ether oxygens (including phenoxy) is 1. The van der Waals surface area contributed by atoms with Gasteiger partial charge >= 0.3 is 0 Å². The number of nitrogens with zero attached hydrogens (tertiary/aromatic N) is 1. The number of rotatable bonds is 5. The van der Waals surface area contributed by atoms with Crippen LogP contribution in [0.2, 0.25) is 0 Å². The molecule has 8 heteroatoms. The molecule has 4 nitrogen and oxygen atoms in total. The average molecular weight is 381 g/mol. The number of thiazole rings is 1. The SMILES string of the molecule is COc1cccc(-c2nc(CS(=O)(=O)c3ccc(F)c(F)c3)cs2)c1. The van der Waals surface area contributed by atoms with E-state index in [4.69, 9.17) is 4.74 Å². The van der Waals surface area contributed by atoms with Gasteiger partial charge in [0.1, 0.15) is 10.8 Å². The minimum absolute atomic E-state index is 0.276. The summed E-state index contributed by atoms with van der Waals surface area (Å²) in [6, 6.07) is 9.77. The van der Waals surface area contributed by atoms with Crippen LogP contribution in [0.25, 0.3) is 10.6 Å². The first-order valence-corrected chi connectivity index (χ1v) is 9.69. The lowest BCUT2D eigenvalue weighted by atomic mass is 10.2. The molecular formula is C17H13F2NO3S2. The van der Waals surface area contributed by atoms with Crippen molar-refractivity contribution in [2.45, 2.75) is 10.6 Å². The summed E-state index contributed by atoms with van der Waals surface area (Å²) in [5.41, 5.74) is 1.15. The van der Waals surface area contributed by atoms with Crippen molar-refractivity contribution >= 4 is 21.2 Å². The Balaban J connectivity index is 1.86. The van der Waals surface area contributed by atoms with E-state index in [2.05, 4.69) is 4.98 Å². The van der Waals surface area contributed by atoms with Gasteiger partial charge in [0.15, 0.2) is 21.5 Å². The normalized spacial score (nSPS) is 11.5. The molecule has 0 atom stereocenters. The Bertz CT molecular complexity index is 1020. The summed E-state index contributed by atoms with van der Waals surface area (Å²) >= 11 is 1.30. The Hall–Kier alpha value is -2.32. The van der Waals surface area contributed by atoms with Crippen LogP contribution < -0.4 is 4.74 Å². The molecule has 0 saturated carbocycles. The van der Waals surface area contributed by atoms with Crippen LogP contribution in [0, 0.1) is 11.6 Å². The van der Waals surface area contributed by atoms with E-state index in [9.17, 15) is 17.2 Å².